The smallest absolute Gasteiger partial charge is 0.310 e. The molecule has 1 aliphatic rings. The summed E-state index contributed by atoms with van der Waals surface area (Å²) in [4.78, 5) is 18.0. The highest BCUT2D eigenvalue weighted by Crippen LogP contribution is 2.32. The lowest BCUT2D eigenvalue weighted by Gasteiger charge is -2.20. The molecule has 1 unspecified atom stereocenters. The molecule has 2 aromatic rings. The number of likely N-dealkylation sites (tertiary alicyclic amines) is 1. The quantitative estimate of drug-likeness (QED) is 0.924. The molecule has 0 bridgehead atoms. The maximum absolute atomic E-state index is 11.3. The molecule has 21 heavy (non-hydrogen) atoms. The summed E-state index contributed by atoms with van der Waals surface area (Å²) in [5.74, 6) is -0.705. The number of halogens is 1. The van der Waals surface area contributed by atoms with Gasteiger partial charge in [0, 0.05) is 29.1 Å². The summed E-state index contributed by atoms with van der Waals surface area (Å²) in [6.45, 7) is 3.97. The monoisotopic (exact) mass is 348 g/mol. The van der Waals surface area contributed by atoms with E-state index in [2.05, 4.69) is 31.9 Å². The maximum atomic E-state index is 11.3. The Morgan fingerprint density at radius 2 is 2.29 bits per heavy atom. The average Bonchev–Trinajstić information content (AvgIpc) is 2.85. The molecule has 1 aromatic heterocycles. The number of rotatable bonds is 3. The van der Waals surface area contributed by atoms with Crippen LogP contribution >= 0.6 is 15.9 Å². The number of aromatic nitrogens is 1. The number of nitrogens with zero attached hydrogens (tertiary/aromatic N) is 2. The second kappa shape index (κ2) is 5.39. The number of pyridine rings is 1. The van der Waals surface area contributed by atoms with Crippen LogP contribution in [0, 0.1) is 5.41 Å². The van der Waals surface area contributed by atoms with Gasteiger partial charge in [0.2, 0.25) is 0 Å². The fourth-order valence-corrected chi connectivity index (χ4v) is 3.38. The molecule has 0 saturated carbocycles. The lowest BCUT2D eigenvalue weighted by molar-refractivity contribution is -0.147. The number of fused-ring (bicyclic) bond motifs is 1. The Labute approximate surface area is 131 Å². The summed E-state index contributed by atoms with van der Waals surface area (Å²) in [7, 11) is 0. The van der Waals surface area contributed by atoms with Crippen molar-refractivity contribution in [3.05, 3.63) is 40.5 Å². The van der Waals surface area contributed by atoms with Gasteiger partial charge < -0.3 is 5.11 Å². The Hall–Kier alpha value is -1.46. The van der Waals surface area contributed by atoms with Crippen LogP contribution in [0.15, 0.2) is 34.9 Å². The molecule has 0 radical (unpaired) electrons. The molecule has 1 fully saturated rings. The topological polar surface area (TPSA) is 53.4 Å². The Bertz CT molecular complexity index is 704. The molecule has 2 heterocycles. The first kappa shape index (κ1) is 14.5. The van der Waals surface area contributed by atoms with Crippen LogP contribution in [0.5, 0.6) is 0 Å². The number of carboxylic acids is 1. The van der Waals surface area contributed by atoms with Crippen molar-refractivity contribution in [2.45, 2.75) is 19.9 Å². The van der Waals surface area contributed by atoms with Crippen LogP contribution in [0.25, 0.3) is 10.9 Å². The van der Waals surface area contributed by atoms with Gasteiger partial charge >= 0.3 is 5.97 Å². The van der Waals surface area contributed by atoms with Gasteiger partial charge in [-0.05, 0) is 37.6 Å². The van der Waals surface area contributed by atoms with Crippen molar-refractivity contribution in [3.63, 3.8) is 0 Å². The highest BCUT2D eigenvalue weighted by atomic mass is 79.9. The van der Waals surface area contributed by atoms with Gasteiger partial charge in [0.1, 0.15) is 0 Å². The Kier molecular flexibility index (Phi) is 3.71. The van der Waals surface area contributed by atoms with Gasteiger partial charge in [-0.3, -0.25) is 14.7 Å². The Morgan fingerprint density at radius 3 is 3.00 bits per heavy atom. The van der Waals surface area contributed by atoms with E-state index in [1.54, 1.807) is 6.20 Å². The largest absolute Gasteiger partial charge is 0.481 e. The van der Waals surface area contributed by atoms with E-state index >= 15 is 0 Å². The number of benzene rings is 1. The third-order valence-corrected chi connectivity index (χ3v) is 4.95. The molecule has 1 N–H and O–H groups in total. The van der Waals surface area contributed by atoms with E-state index in [9.17, 15) is 9.90 Å². The summed E-state index contributed by atoms with van der Waals surface area (Å²) in [6, 6.07) is 8.07. The molecule has 0 aliphatic carbocycles. The molecule has 1 saturated heterocycles. The van der Waals surface area contributed by atoms with Gasteiger partial charge in [0.25, 0.3) is 0 Å². The molecule has 110 valence electrons. The van der Waals surface area contributed by atoms with E-state index < -0.39 is 11.4 Å². The summed E-state index contributed by atoms with van der Waals surface area (Å²) in [5.41, 5.74) is 1.50. The number of carbonyl (C=O) groups is 1. The first-order valence-corrected chi connectivity index (χ1v) is 7.77. The summed E-state index contributed by atoms with van der Waals surface area (Å²) in [5, 5.41) is 10.4. The van der Waals surface area contributed by atoms with Crippen LogP contribution in [0.2, 0.25) is 0 Å². The van der Waals surface area contributed by atoms with Crippen molar-refractivity contribution in [1.29, 1.82) is 0 Å². The highest BCUT2D eigenvalue weighted by Gasteiger charge is 2.40. The van der Waals surface area contributed by atoms with Gasteiger partial charge in [0.15, 0.2) is 0 Å². The van der Waals surface area contributed by atoms with E-state index in [4.69, 9.17) is 0 Å². The number of carboxylic acid groups (broad SMARTS) is 1. The molecule has 0 spiro atoms. The predicted octanol–water partition coefficient (Wildman–Crippen LogP) is 3.29. The van der Waals surface area contributed by atoms with E-state index in [0.29, 0.717) is 13.0 Å². The molecule has 0 amide bonds. The third kappa shape index (κ3) is 2.68. The van der Waals surface area contributed by atoms with Crippen LogP contribution < -0.4 is 0 Å². The molecule has 3 rings (SSSR count). The van der Waals surface area contributed by atoms with Crippen molar-refractivity contribution in [2.75, 3.05) is 13.1 Å². The van der Waals surface area contributed by atoms with Crippen molar-refractivity contribution < 1.29 is 9.90 Å². The minimum absolute atomic E-state index is 0.590. The molecule has 4 nitrogen and oxygen atoms in total. The highest BCUT2D eigenvalue weighted by molar-refractivity contribution is 9.10. The zero-order chi connectivity index (χ0) is 15.0. The molecule has 1 aromatic carbocycles. The van der Waals surface area contributed by atoms with Crippen molar-refractivity contribution in [3.8, 4) is 0 Å². The molecule has 1 atom stereocenters. The Morgan fingerprint density at radius 1 is 1.48 bits per heavy atom. The third-order valence-electron chi connectivity index (χ3n) is 4.26. The first-order chi connectivity index (χ1) is 9.99. The molecule has 5 heteroatoms. The summed E-state index contributed by atoms with van der Waals surface area (Å²) in [6.07, 6.45) is 2.49. The van der Waals surface area contributed by atoms with E-state index in [0.717, 1.165) is 34.0 Å². The van der Waals surface area contributed by atoms with Crippen molar-refractivity contribution in [2.24, 2.45) is 5.41 Å². The normalized spacial score (nSPS) is 22.8. The minimum atomic E-state index is -0.705. The van der Waals surface area contributed by atoms with Crippen LogP contribution in [-0.2, 0) is 11.3 Å². The van der Waals surface area contributed by atoms with Crippen LogP contribution in [0.1, 0.15) is 18.9 Å². The standard InChI is InChI=1S/C16H17BrN2O2/c1-16(15(20)21)6-8-19(10-16)9-11-4-5-13(17)12-3-2-7-18-14(11)12/h2-5,7H,6,8-10H2,1H3,(H,20,21). The van der Waals surface area contributed by atoms with Gasteiger partial charge in [-0.2, -0.15) is 0 Å². The van der Waals surface area contributed by atoms with E-state index in [-0.39, 0.29) is 0 Å². The van der Waals surface area contributed by atoms with Crippen LogP contribution in [-0.4, -0.2) is 34.0 Å². The molecule has 1 aliphatic heterocycles. The fraction of sp³-hybridized carbons (Fsp3) is 0.375. The van der Waals surface area contributed by atoms with Crippen molar-refractivity contribution >= 4 is 32.8 Å². The zero-order valence-electron chi connectivity index (χ0n) is 11.8. The second-order valence-corrected chi connectivity index (χ2v) is 6.79. The minimum Gasteiger partial charge on any atom is -0.481 e. The summed E-state index contributed by atoms with van der Waals surface area (Å²) >= 11 is 3.55. The number of aliphatic carboxylic acids is 1. The van der Waals surface area contributed by atoms with E-state index in [1.165, 1.54) is 0 Å². The summed E-state index contributed by atoms with van der Waals surface area (Å²) < 4.78 is 1.03. The second-order valence-electron chi connectivity index (χ2n) is 5.93. The van der Waals surface area contributed by atoms with Crippen LogP contribution in [0.3, 0.4) is 0 Å². The lowest BCUT2D eigenvalue weighted by Crippen LogP contribution is -2.31. The maximum Gasteiger partial charge on any atom is 0.310 e. The van der Waals surface area contributed by atoms with Gasteiger partial charge in [-0.1, -0.05) is 28.1 Å². The average molecular weight is 349 g/mol. The first-order valence-electron chi connectivity index (χ1n) is 6.97. The van der Waals surface area contributed by atoms with Gasteiger partial charge in [-0.15, -0.1) is 0 Å². The number of hydrogen-bond acceptors (Lipinski definition) is 3. The fourth-order valence-electron chi connectivity index (χ4n) is 2.93. The van der Waals surface area contributed by atoms with Gasteiger partial charge in [0.05, 0.1) is 10.9 Å². The molecular weight excluding hydrogens is 332 g/mol. The zero-order valence-corrected chi connectivity index (χ0v) is 13.4. The van der Waals surface area contributed by atoms with E-state index in [1.807, 2.05) is 25.1 Å². The number of hydrogen-bond donors (Lipinski definition) is 1. The molecular formula is C16H17BrN2O2. The van der Waals surface area contributed by atoms with Crippen LogP contribution in [0.4, 0.5) is 0 Å². The lowest BCUT2D eigenvalue weighted by atomic mass is 9.90. The SMILES string of the molecule is CC1(C(=O)O)CCN(Cc2ccc(Br)c3cccnc23)C1. The van der Waals surface area contributed by atoms with Crippen molar-refractivity contribution in [1.82, 2.24) is 9.88 Å². The van der Waals surface area contributed by atoms with Gasteiger partial charge in [-0.25, -0.2) is 0 Å². The Balaban J connectivity index is 1.87. The predicted molar refractivity (Wildman–Crippen MR) is 85.1 cm³/mol.